The van der Waals surface area contributed by atoms with E-state index in [1.54, 1.807) is 14.2 Å². The maximum atomic E-state index is 7.56. The van der Waals surface area contributed by atoms with Crippen molar-refractivity contribution in [2.45, 2.75) is 158 Å². The van der Waals surface area contributed by atoms with E-state index < -0.39 is 0 Å². The molecule has 2 aliphatic carbocycles. The van der Waals surface area contributed by atoms with Gasteiger partial charge in [-0.3, -0.25) is 0 Å². The molecular weight excluding hydrogens is 1500 g/mol. The van der Waals surface area contributed by atoms with E-state index in [2.05, 4.69) is 175 Å². The van der Waals surface area contributed by atoms with E-state index in [9.17, 15) is 0 Å². The summed E-state index contributed by atoms with van der Waals surface area (Å²) in [6.07, 6.45) is 7.91. The highest BCUT2D eigenvalue weighted by Crippen LogP contribution is 2.47. The number of hydrogen-bond acceptors (Lipinski definition) is 16. The molecule has 0 saturated carbocycles. The fourth-order valence-electron chi connectivity index (χ4n) is 16.1. The first-order valence-corrected chi connectivity index (χ1v) is 42.6. The smallest absolute Gasteiger partial charge is 0.127 e. The minimum absolute atomic E-state index is 0.178. The second-order valence-electron chi connectivity index (χ2n) is 31.1. The molecule has 0 amide bonds. The van der Waals surface area contributed by atoms with E-state index in [0.29, 0.717) is 160 Å². The van der Waals surface area contributed by atoms with Gasteiger partial charge in [0, 0.05) is 95.9 Å². The molecule has 120 heavy (non-hydrogen) atoms. The normalized spacial score (nSPS) is 12.9. The Morgan fingerprint density at radius 3 is 0.758 bits per heavy atom. The van der Waals surface area contributed by atoms with Crippen molar-refractivity contribution >= 4 is 22.7 Å². The Balaban J connectivity index is 1.05. The lowest BCUT2D eigenvalue weighted by Gasteiger charge is -2.25. The van der Waals surface area contributed by atoms with Crippen LogP contribution in [0.1, 0.15) is 191 Å². The minimum Gasteiger partial charge on any atom is -0.497 e. The highest BCUT2D eigenvalue weighted by atomic mass is 16.5. The van der Waals surface area contributed by atoms with E-state index in [1.165, 1.54) is 0 Å². The molecule has 20 bridgehead atoms. The van der Waals surface area contributed by atoms with Crippen LogP contribution in [-0.4, -0.2) is 53.9 Å². The predicted molar refractivity (Wildman–Crippen MR) is 473 cm³/mol. The van der Waals surface area contributed by atoms with Gasteiger partial charge in [-0.2, -0.15) is 20.5 Å². The predicted octanol–water partition coefficient (Wildman–Crippen LogP) is 25.3. The molecule has 0 fully saturated rings. The van der Waals surface area contributed by atoms with Crippen molar-refractivity contribution in [3.63, 3.8) is 0 Å². The molecule has 2 heterocycles. The molecule has 4 aliphatic rings. The number of benzene rings is 12. The monoisotopic (exact) mass is 1600 g/mol. The lowest BCUT2D eigenvalue weighted by molar-refractivity contribution is 0.291. The van der Waals surface area contributed by atoms with Gasteiger partial charge in [0.25, 0.3) is 0 Å². The third-order valence-electron chi connectivity index (χ3n) is 21.6. The average molecular weight is 1610 g/mol. The summed E-state index contributed by atoms with van der Waals surface area (Å²) >= 11 is 0. The second-order valence-corrected chi connectivity index (χ2v) is 31.1. The maximum absolute atomic E-state index is 7.56. The van der Waals surface area contributed by atoms with Gasteiger partial charge in [0.15, 0.2) is 0 Å². The number of methoxy groups -OCH3 is 2. The molecule has 12 aromatic rings. The zero-order valence-electron chi connectivity index (χ0n) is 70.4. The zero-order chi connectivity index (χ0) is 82.5. The first-order chi connectivity index (χ1) is 59.0. The topological polar surface area (TPSA) is 160 Å². The van der Waals surface area contributed by atoms with Gasteiger partial charge >= 0.3 is 0 Å². The van der Waals surface area contributed by atoms with E-state index in [4.69, 9.17) is 77.3 Å². The van der Waals surface area contributed by atoms with Crippen molar-refractivity contribution in [3.05, 3.63) is 330 Å². The van der Waals surface area contributed by atoms with Gasteiger partial charge in [-0.05, 0) is 227 Å². The van der Waals surface area contributed by atoms with Gasteiger partial charge in [-0.1, -0.05) is 139 Å². The molecule has 0 N–H and O–H groups in total. The fraction of sp³-hybridized carbons (Fsp3) is 0.308. The molecule has 0 aromatic heterocycles. The summed E-state index contributed by atoms with van der Waals surface area (Å²) in [6, 6.07) is 75.2. The Morgan fingerprint density at radius 2 is 0.483 bits per heavy atom. The van der Waals surface area contributed by atoms with Crippen LogP contribution in [0, 0.1) is 0 Å². The Kier molecular flexibility index (Phi) is 27.7. The molecule has 0 atom stereocenters. The molecule has 12 aromatic carbocycles. The number of hydrogen-bond donors (Lipinski definition) is 0. The Bertz CT molecular complexity index is 5040. The lowest BCUT2D eigenvalue weighted by Crippen LogP contribution is -2.12. The average Bonchev–Trinajstić information content (AvgIpc) is 0.759. The molecule has 0 saturated heterocycles. The number of azo groups is 2. The van der Waals surface area contributed by atoms with Crippen LogP contribution in [0.4, 0.5) is 22.7 Å². The molecule has 0 unspecified atom stereocenters. The molecule has 16 heteroatoms. The lowest BCUT2D eigenvalue weighted by atomic mass is 9.89. The number of ether oxygens (including phenoxy) is 12. The molecule has 0 radical (unpaired) electrons. The van der Waals surface area contributed by atoms with Gasteiger partial charge < -0.3 is 56.8 Å². The van der Waals surface area contributed by atoms with E-state index in [-0.39, 0.29) is 26.4 Å². The molecule has 16 rings (SSSR count). The van der Waals surface area contributed by atoms with Crippen molar-refractivity contribution in [1.29, 1.82) is 0 Å². The standard InChI is InChI=1S/C104H108N4O12/c1-9-39-111-97-73-27-21-28-74(97)50-78-46-72-48-80(100(78)114-42-12-4)52-76-30-22-29-75(98(76)112-40-10-2)51-79-47-71(45-77(49-73)99(79)113-41-11-3)67-117-95-61-85-53-81-57-91(107-105-89-31-35-93(109-7)36-32-89)59-83(103(81)119-65-69-23-17-15-18-24-69)55-87-63-96(118-68-72)64-88(102(87)116-44-14-6)56-84-60-92(108-106-90-33-37-94(110-8)38-34-90)58-82(54-86(62-95)101(85)115-43-13-5)104(84)120-66-70-25-19-16-20-26-70/h15-38,45-48,57-64H,9-14,39-44,49-56,65-68H2,1-8H3. The van der Waals surface area contributed by atoms with E-state index >= 15 is 0 Å². The summed E-state index contributed by atoms with van der Waals surface area (Å²) in [5, 5.41) is 20.1. The molecular formula is C104H108N4O12. The Labute approximate surface area is 706 Å². The summed E-state index contributed by atoms with van der Waals surface area (Å²) in [7, 11) is 3.32. The van der Waals surface area contributed by atoms with Gasteiger partial charge in [0.2, 0.25) is 0 Å². The van der Waals surface area contributed by atoms with Crippen LogP contribution >= 0.6 is 0 Å². The van der Waals surface area contributed by atoms with Crippen LogP contribution < -0.4 is 56.8 Å². The SMILES string of the molecule is CCCOc1c2cccc1Cc1cc3cc(c1OCCC)Cc1cccc(c1OCCC)Cc1cc(cc(c1OCCC)C2)COc1cc2c(OCCC)c(c1)Cc1cc(N=Nc4ccc(OC)cc4)cc(c1OCc1ccccc1)Cc1cc(cc(c1OCCC)Cc1cc(N=Nc4ccc(OC)cc4)cc(c1OCc1ccccc1)C2)OC3. The first kappa shape index (κ1) is 82.5. The van der Waals surface area contributed by atoms with Gasteiger partial charge in [0.05, 0.1) is 76.6 Å². The number of fused-ring (bicyclic) bond motifs is 2. The van der Waals surface area contributed by atoms with Crippen molar-refractivity contribution in [2.75, 3.05) is 53.9 Å². The summed E-state index contributed by atoms with van der Waals surface area (Å²) in [5.41, 5.74) is 21.5. The third kappa shape index (κ3) is 20.4. The molecule has 16 nitrogen and oxygen atoms in total. The van der Waals surface area contributed by atoms with Gasteiger partial charge in [0.1, 0.15) is 95.4 Å². The highest BCUT2D eigenvalue weighted by molar-refractivity contribution is 5.65. The summed E-state index contributed by atoms with van der Waals surface area (Å²) in [4.78, 5) is 0. The summed E-state index contributed by atoms with van der Waals surface area (Å²) in [6.45, 7) is 16.7. The summed E-state index contributed by atoms with van der Waals surface area (Å²) < 4.78 is 84.3. The Hall–Kier alpha value is -12.6. The van der Waals surface area contributed by atoms with Gasteiger partial charge in [-0.25, -0.2) is 0 Å². The third-order valence-corrected chi connectivity index (χ3v) is 21.6. The van der Waals surface area contributed by atoms with E-state index in [0.717, 1.165) is 173 Å². The van der Waals surface area contributed by atoms with Crippen LogP contribution in [0.3, 0.4) is 0 Å². The second kappa shape index (κ2) is 40.3. The van der Waals surface area contributed by atoms with Crippen molar-refractivity contribution in [2.24, 2.45) is 20.5 Å². The van der Waals surface area contributed by atoms with Crippen LogP contribution in [0.2, 0.25) is 0 Å². The van der Waals surface area contributed by atoms with Gasteiger partial charge in [-0.15, -0.1) is 0 Å². The number of para-hydroxylation sites is 2. The van der Waals surface area contributed by atoms with E-state index in [1.807, 2.05) is 84.9 Å². The number of rotatable bonds is 30. The first-order valence-electron chi connectivity index (χ1n) is 42.6. The summed E-state index contributed by atoms with van der Waals surface area (Å²) in [5.74, 6) is 8.87. The van der Waals surface area contributed by atoms with Crippen LogP contribution in [-0.2, 0) is 77.8 Å². The fourth-order valence-corrected chi connectivity index (χ4v) is 16.1. The number of nitrogens with zero attached hydrogens (tertiary/aromatic N) is 4. The van der Waals surface area contributed by atoms with Crippen LogP contribution in [0.15, 0.2) is 239 Å². The van der Waals surface area contributed by atoms with Crippen LogP contribution in [0.25, 0.3) is 0 Å². The van der Waals surface area contributed by atoms with Crippen molar-refractivity contribution < 1.29 is 56.8 Å². The largest absolute Gasteiger partial charge is 0.497 e. The minimum atomic E-state index is 0.178. The molecule has 616 valence electrons. The molecule has 2 aliphatic heterocycles. The maximum Gasteiger partial charge on any atom is 0.127 e. The quantitative estimate of drug-likeness (QED) is 0.0393. The van der Waals surface area contributed by atoms with Crippen molar-refractivity contribution in [3.8, 4) is 69.0 Å². The zero-order valence-corrected chi connectivity index (χ0v) is 70.4. The van der Waals surface area contributed by atoms with Crippen LogP contribution in [0.5, 0.6) is 69.0 Å². The van der Waals surface area contributed by atoms with Crippen molar-refractivity contribution in [1.82, 2.24) is 0 Å². The highest BCUT2D eigenvalue weighted by Gasteiger charge is 2.29. The Morgan fingerprint density at radius 1 is 0.242 bits per heavy atom. The molecule has 0 spiro atoms.